The van der Waals surface area contributed by atoms with Gasteiger partial charge in [0.25, 0.3) is 0 Å². The molecule has 0 spiro atoms. The topological polar surface area (TPSA) is 42.1 Å². The van der Waals surface area contributed by atoms with E-state index in [1.165, 1.54) is 12.1 Å². The number of nitrogens with zero attached hydrogens (tertiary/aromatic N) is 2. The molecule has 0 radical (unpaired) electrons. The van der Waals surface area contributed by atoms with Crippen molar-refractivity contribution in [1.29, 1.82) is 0 Å². The summed E-state index contributed by atoms with van der Waals surface area (Å²) in [4.78, 5) is 6.52. The van der Waals surface area contributed by atoms with Crippen LogP contribution in [0.25, 0.3) is 0 Å². The number of pyridine rings is 1. The highest BCUT2D eigenvalue weighted by molar-refractivity contribution is 5.49. The molecule has 0 bridgehead atoms. The second-order valence-corrected chi connectivity index (χ2v) is 3.53. The largest absolute Gasteiger partial charge is 0.367 e. The molecule has 1 aromatic heterocycles. The van der Waals surface area contributed by atoms with Crippen molar-refractivity contribution in [3.63, 3.8) is 0 Å². The lowest BCUT2D eigenvalue weighted by molar-refractivity contribution is 0.456. The number of hydrogen-bond donors (Lipinski definition) is 1. The zero-order chi connectivity index (χ0) is 9.26. The third-order valence-corrected chi connectivity index (χ3v) is 2.63. The van der Waals surface area contributed by atoms with E-state index in [0.29, 0.717) is 6.04 Å². The second-order valence-electron chi connectivity index (χ2n) is 3.53. The molecule has 3 heteroatoms. The summed E-state index contributed by atoms with van der Waals surface area (Å²) in [6.07, 6.45) is 3.08. The van der Waals surface area contributed by atoms with Gasteiger partial charge in [-0.2, -0.15) is 0 Å². The van der Waals surface area contributed by atoms with Gasteiger partial charge < -0.3 is 10.6 Å². The molecule has 0 aliphatic carbocycles. The van der Waals surface area contributed by atoms with E-state index in [1.54, 1.807) is 0 Å². The Labute approximate surface area is 78.6 Å². The lowest BCUT2D eigenvalue weighted by Gasteiger charge is -2.42. The summed E-state index contributed by atoms with van der Waals surface area (Å²) in [5, 5.41) is 0. The first-order valence-electron chi connectivity index (χ1n) is 4.70. The van der Waals surface area contributed by atoms with Gasteiger partial charge in [-0.05, 0) is 25.5 Å². The Balaban J connectivity index is 2.16. The van der Waals surface area contributed by atoms with Crippen molar-refractivity contribution in [2.75, 3.05) is 18.0 Å². The van der Waals surface area contributed by atoms with Crippen LogP contribution >= 0.6 is 0 Å². The number of rotatable bonds is 2. The molecule has 1 unspecified atom stereocenters. The van der Waals surface area contributed by atoms with Crippen LogP contribution in [0.2, 0.25) is 0 Å². The molecule has 1 fully saturated rings. The number of hydrogen-bond acceptors (Lipinski definition) is 3. The molecule has 3 nitrogen and oxygen atoms in total. The molecular weight excluding hydrogens is 162 g/mol. The molecule has 1 aromatic rings. The summed E-state index contributed by atoms with van der Waals surface area (Å²) in [5.74, 6) is 0. The van der Waals surface area contributed by atoms with E-state index in [9.17, 15) is 0 Å². The Bertz CT molecular complexity index is 296. The fourth-order valence-corrected chi connectivity index (χ4v) is 1.74. The van der Waals surface area contributed by atoms with Crippen LogP contribution in [0.1, 0.15) is 12.1 Å². The zero-order valence-corrected chi connectivity index (χ0v) is 7.90. The molecule has 2 N–H and O–H groups in total. The van der Waals surface area contributed by atoms with Gasteiger partial charge in [0.1, 0.15) is 0 Å². The Morgan fingerprint density at radius 2 is 2.54 bits per heavy atom. The molecule has 1 saturated heterocycles. The fourth-order valence-electron chi connectivity index (χ4n) is 1.74. The summed E-state index contributed by atoms with van der Waals surface area (Å²) in [5.41, 5.74) is 7.97. The SMILES string of the molecule is Cc1cc(N2CCC2CN)ccn1. The molecule has 2 heterocycles. The standard InChI is InChI=1S/C10H15N3/c1-8-6-9(2-4-12-8)13-5-3-10(13)7-11/h2,4,6,10H,3,5,7,11H2,1H3. The number of aryl methyl sites for hydroxylation is 1. The monoisotopic (exact) mass is 177 g/mol. The highest BCUT2D eigenvalue weighted by Crippen LogP contribution is 2.25. The van der Waals surface area contributed by atoms with Gasteiger partial charge in [0.05, 0.1) is 0 Å². The summed E-state index contributed by atoms with van der Waals surface area (Å²) in [7, 11) is 0. The highest BCUT2D eigenvalue weighted by atomic mass is 15.2. The molecule has 13 heavy (non-hydrogen) atoms. The summed E-state index contributed by atoms with van der Waals surface area (Å²) >= 11 is 0. The first kappa shape index (κ1) is 8.51. The fraction of sp³-hybridized carbons (Fsp3) is 0.500. The van der Waals surface area contributed by atoms with Crippen LogP contribution in [0.4, 0.5) is 5.69 Å². The molecule has 0 amide bonds. The minimum atomic E-state index is 0.543. The Morgan fingerprint density at radius 1 is 1.69 bits per heavy atom. The van der Waals surface area contributed by atoms with Crippen molar-refractivity contribution in [3.8, 4) is 0 Å². The first-order valence-corrected chi connectivity index (χ1v) is 4.70. The summed E-state index contributed by atoms with van der Waals surface area (Å²) < 4.78 is 0. The van der Waals surface area contributed by atoms with Crippen LogP contribution < -0.4 is 10.6 Å². The second kappa shape index (κ2) is 3.34. The molecule has 0 saturated carbocycles. The minimum absolute atomic E-state index is 0.543. The third-order valence-electron chi connectivity index (χ3n) is 2.63. The van der Waals surface area contributed by atoms with E-state index in [0.717, 1.165) is 18.8 Å². The Morgan fingerprint density at radius 3 is 3.08 bits per heavy atom. The van der Waals surface area contributed by atoms with Crippen LogP contribution in [-0.4, -0.2) is 24.1 Å². The Hall–Kier alpha value is -1.09. The average Bonchev–Trinajstić information content (AvgIpc) is 2.03. The van der Waals surface area contributed by atoms with Gasteiger partial charge in [-0.1, -0.05) is 0 Å². The van der Waals surface area contributed by atoms with Gasteiger partial charge in [-0.15, -0.1) is 0 Å². The average molecular weight is 177 g/mol. The van der Waals surface area contributed by atoms with Crippen molar-refractivity contribution >= 4 is 5.69 Å². The maximum absolute atomic E-state index is 5.64. The van der Waals surface area contributed by atoms with Crippen molar-refractivity contribution in [1.82, 2.24) is 4.98 Å². The number of nitrogens with two attached hydrogens (primary N) is 1. The molecular formula is C10H15N3. The normalized spacial score (nSPS) is 21.4. The van der Waals surface area contributed by atoms with Gasteiger partial charge in [0.2, 0.25) is 0 Å². The van der Waals surface area contributed by atoms with E-state index in [2.05, 4.69) is 22.0 Å². The summed E-state index contributed by atoms with van der Waals surface area (Å²) in [6.45, 7) is 3.90. The predicted octanol–water partition coefficient (Wildman–Crippen LogP) is 0.927. The molecule has 1 atom stereocenters. The zero-order valence-electron chi connectivity index (χ0n) is 7.90. The van der Waals surface area contributed by atoms with Crippen LogP contribution in [0, 0.1) is 6.92 Å². The van der Waals surface area contributed by atoms with Gasteiger partial charge >= 0.3 is 0 Å². The van der Waals surface area contributed by atoms with Gasteiger partial charge in [-0.3, -0.25) is 4.98 Å². The third kappa shape index (κ3) is 1.52. The van der Waals surface area contributed by atoms with Crippen molar-refractivity contribution in [2.45, 2.75) is 19.4 Å². The number of anilines is 1. The smallest absolute Gasteiger partial charge is 0.0429 e. The summed E-state index contributed by atoms with van der Waals surface area (Å²) in [6, 6.07) is 4.71. The van der Waals surface area contributed by atoms with Crippen molar-refractivity contribution < 1.29 is 0 Å². The molecule has 1 aliphatic rings. The van der Waals surface area contributed by atoms with Crippen LogP contribution in [0.5, 0.6) is 0 Å². The van der Waals surface area contributed by atoms with Gasteiger partial charge in [0.15, 0.2) is 0 Å². The molecule has 70 valence electrons. The molecule has 2 rings (SSSR count). The highest BCUT2D eigenvalue weighted by Gasteiger charge is 2.26. The van der Waals surface area contributed by atoms with E-state index >= 15 is 0 Å². The van der Waals surface area contributed by atoms with E-state index in [-0.39, 0.29) is 0 Å². The molecule has 0 aromatic carbocycles. The number of aromatic nitrogens is 1. The minimum Gasteiger partial charge on any atom is -0.367 e. The van der Waals surface area contributed by atoms with Crippen LogP contribution in [-0.2, 0) is 0 Å². The first-order chi connectivity index (χ1) is 6.31. The van der Waals surface area contributed by atoms with Crippen molar-refractivity contribution in [3.05, 3.63) is 24.0 Å². The maximum Gasteiger partial charge on any atom is 0.0429 e. The van der Waals surface area contributed by atoms with Crippen LogP contribution in [0.3, 0.4) is 0 Å². The predicted molar refractivity (Wildman–Crippen MR) is 53.8 cm³/mol. The lowest BCUT2D eigenvalue weighted by Crippen LogP contribution is -2.51. The van der Waals surface area contributed by atoms with E-state index in [4.69, 9.17) is 5.73 Å². The van der Waals surface area contributed by atoms with Crippen molar-refractivity contribution in [2.24, 2.45) is 5.73 Å². The van der Waals surface area contributed by atoms with E-state index < -0.39 is 0 Å². The van der Waals surface area contributed by atoms with Crippen LogP contribution in [0.15, 0.2) is 18.3 Å². The quantitative estimate of drug-likeness (QED) is 0.730. The van der Waals surface area contributed by atoms with Gasteiger partial charge in [-0.25, -0.2) is 0 Å². The maximum atomic E-state index is 5.64. The lowest BCUT2D eigenvalue weighted by atomic mass is 10.0. The van der Waals surface area contributed by atoms with Gasteiger partial charge in [0, 0.05) is 36.7 Å². The Kier molecular flexibility index (Phi) is 2.19. The molecule has 1 aliphatic heterocycles. The van der Waals surface area contributed by atoms with E-state index in [1.807, 2.05) is 13.1 Å².